The van der Waals surface area contributed by atoms with E-state index in [2.05, 4.69) is 10.0 Å². The van der Waals surface area contributed by atoms with Crippen LogP contribution in [0.4, 0.5) is 4.39 Å². The van der Waals surface area contributed by atoms with Gasteiger partial charge in [0.25, 0.3) is 0 Å². The molecule has 1 fully saturated rings. The number of rotatable bonds is 6. The van der Waals surface area contributed by atoms with Crippen LogP contribution in [-0.2, 0) is 21.3 Å². The van der Waals surface area contributed by atoms with Crippen LogP contribution in [0.2, 0.25) is 0 Å². The van der Waals surface area contributed by atoms with Crippen molar-refractivity contribution in [2.45, 2.75) is 30.8 Å². The first kappa shape index (κ1) is 15.4. The zero-order valence-electron chi connectivity index (χ0n) is 11.4. The van der Waals surface area contributed by atoms with Gasteiger partial charge in [-0.3, -0.25) is 0 Å². The van der Waals surface area contributed by atoms with Crippen LogP contribution < -0.4 is 10.0 Å². The van der Waals surface area contributed by atoms with Crippen LogP contribution in [-0.4, -0.2) is 34.2 Å². The first-order valence-electron chi connectivity index (χ1n) is 6.62. The molecule has 1 aromatic rings. The lowest BCUT2D eigenvalue weighted by Gasteiger charge is -2.15. The average Bonchev–Trinajstić information content (AvgIpc) is 2.89. The van der Waals surface area contributed by atoms with Crippen molar-refractivity contribution in [2.75, 3.05) is 19.8 Å². The SMILES string of the molecule is CCNCc1ccc(F)cc1S(=O)(=O)NC1CCOC1. The van der Waals surface area contributed by atoms with Gasteiger partial charge in [0, 0.05) is 19.2 Å². The Morgan fingerprint density at radius 3 is 2.90 bits per heavy atom. The Kier molecular flexibility index (Phi) is 5.09. The van der Waals surface area contributed by atoms with Gasteiger partial charge in [0.2, 0.25) is 10.0 Å². The molecule has 1 aliphatic heterocycles. The number of halogens is 1. The van der Waals surface area contributed by atoms with Crippen LogP contribution in [0.3, 0.4) is 0 Å². The summed E-state index contributed by atoms with van der Waals surface area (Å²) in [6.45, 7) is 3.92. The lowest BCUT2D eigenvalue weighted by atomic mass is 10.2. The lowest BCUT2D eigenvalue weighted by molar-refractivity contribution is 0.192. The lowest BCUT2D eigenvalue weighted by Crippen LogP contribution is -2.35. The van der Waals surface area contributed by atoms with Crippen LogP contribution in [0.1, 0.15) is 18.9 Å². The van der Waals surface area contributed by atoms with Crippen molar-refractivity contribution >= 4 is 10.0 Å². The van der Waals surface area contributed by atoms with Crippen molar-refractivity contribution in [1.29, 1.82) is 0 Å². The summed E-state index contributed by atoms with van der Waals surface area (Å²) in [5.74, 6) is -0.562. The molecule has 0 bridgehead atoms. The Morgan fingerprint density at radius 2 is 2.25 bits per heavy atom. The number of hydrogen-bond donors (Lipinski definition) is 2. The molecule has 1 atom stereocenters. The van der Waals surface area contributed by atoms with Crippen LogP contribution in [0.5, 0.6) is 0 Å². The molecule has 1 saturated heterocycles. The summed E-state index contributed by atoms with van der Waals surface area (Å²) in [4.78, 5) is -0.00894. The van der Waals surface area contributed by atoms with E-state index in [-0.39, 0.29) is 10.9 Å². The molecule has 7 heteroatoms. The van der Waals surface area contributed by atoms with E-state index in [9.17, 15) is 12.8 Å². The van der Waals surface area contributed by atoms with Crippen molar-refractivity contribution in [2.24, 2.45) is 0 Å². The summed E-state index contributed by atoms with van der Waals surface area (Å²) in [6, 6.07) is 3.59. The Morgan fingerprint density at radius 1 is 1.45 bits per heavy atom. The van der Waals surface area contributed by atoms with E-state index in [0.717, 1.165) is 6.07 Å². The second-order valence-electron chi connectivity index (χ2n) is 4.71. The number of ether oxygens (including phenoxy) is 1. The summed E-state index contributed by atoms with van der Waals surface area (Å²) < 4.78 is 45.8. The van der Waals surface area contributed by atoms with Gasteiger partial charge in [-0.25, -0.2) is 17.5 Å². The smallest absolute Gasteiger partial charge is 0.241 e. The number of nitrogens with one attached hydrogen (secondary N) is 2. The highest BCUT2D eigenvalue weighted by Crippen LogP contribution is 2.19. The van der Waals surface area contributed by atoms with Gasteiger partial charge in [0.15, 0.2) is 0 Å². The quantitative estimate of drug-likeness (QED) is 0.823. The molecule has 0 radical (unpaired) electrons. The summed E-state index contributed by atoms with van der Waals surface area (Å²) in [6.07, 6.45) is 0.636. The van der Waals surface area contributed by atoms with Crippen molar-refractivity contribution < 1.29 is 17.5 Å². The third-order valence-electron chi connectivity index (χ3n) is 3.14. The van der Waals surface area contributed by atoms with Gasteiger partial charge in [-0.05, 0) is 30.7 Å². The van der Waals surface area contributed by atoms with Gasteiger partial charge < -0.3 is 10.1 Å². The van der Waals surface area contributed by atoms with Crippen LogP contribution >= 0.6 is 0 Å². The zero-order chi connectivity index (χ0) is 14.6. The Labute approximate surface area is 118 Å². The van der Waals surface area contributed by atoms with Crippen molar-refractivity contribution in [3.8, 4) is 0 Å². The van der Waals surface area contributed by atoms with Crippen molar-refractivity contribution in [1.82, 2.24) is 10.0 Å². The first-order valence-corrected chi connectivity index (χ1v) is 8.10. The minimum atomic E-state index is -3.74. The van der Waals surface area contributed by atoms with Crippen molar-refractivity contribution in [3.63, 3.8) is 0 Å². The third-order valence-corrected chi connectivity index (χ3v) is 4.74. The molecule has 20 heavy (non-hydrogen) atoms. The van der Waals surface area contributed by atoms with Gasteiger partial charge in [0.1, 0.15) is 5.82 Å². The maximum absolute atomic E-state index is 13.4. The van der Waals surface area contributed by atoms with E-state index in [1.807, 2.05) is 6.92 Å². The molecule has 5 nitrogen and oxygen atoms in total. The van der Waals surface area contributed by atoms with E-state index >= 15 is 0 Å². The molecular formula is C13H19FN2O3S. The second-order valence-corrected chi connectivity index (χ2v) is 6.40. The van der Waals surface area contributed by atoms with E-state index < -0.39 is 15.8 Å². The van der Waals surface area contributed by atoms with Gasteiger partial charge in [-0.15, -0.1) is 0 Å². The molecule has 0 aromatic heterocycles. The molecule has 1 heterocycles. The summed E-state index contributed by atoms with van der Waals surface area (Å²) in [7, 11) is -3.74. The Balaban J connectivity index is 2.26. The highest BCUT2D eigenvalue weighted by atomic mass is 32.2. The molecular weight excluding hydrogens is 283 g/mol. The maximum atomic E-state index is 13.4. The molecule has 112 valence electrons. The van der Waals surface area contributed by atoms with Gasteiger partial charge in [-0.2, -0.15) is 0 Å². The fourth-order valence-electron chi connectivity index (χ4n) is 2.09. The molecule has 0 spiro atoms. The van der Waals surface area contributed by atoms with Crippen LogP contribution in [0, 0.1) is 5.82 Å². The molecule has 0 aliphatic carbocycles. The zero-order valence-corrected chi connectivity index (χ0v) is 12.2. The van der Waals surface area contributed by atoms with Crippen LogP contribution in [0.25, 0.3) is 0 Å². The fraction of sp³-hybridized carbons (Fsp3) is 0.538. The maximum Gasteiger partial charge on any atom is 0.241 e. The fourth-order valence-corrected chi connectivity index (χ4v) is 3.60. The molecule has 1 aliphatic rings. The largest absolute Gasteiger partial charge is 0.380 e. The highest BCUT2D eigenvalue weighted by Gasteiger charge is 2.25. The first-order chi connectivity index (χ1) is 9.53. The summed E-state index contributed by atoms with van der Waals surface area (Å²) in [5.41, 5.74) is 0.555. The van der Waals surface area contributed by atoms with E-state index in [1.165, 1.54) is 12.1 Å². The van der Waals surface area contributed by atoms with Crippen LogP contribution in [0.15, 0.2) is 23.1 Å². The second kappa shape index (κ2) is 6.62. The Bertz CT molecular complexity index is 557. The average molecular weight is 302 g/mol. The summed E-state index contributed by atoms with van der Waals surface area (Å²) in [5, 5.41) is 3.05. The highest BCUT2D eigenvalue weighted by molar-refractivity contribution is 7.89. The molecule has 0 amide bonds. The predicted molar refractivity (Wildman–Crippen MR) is 73.3 cm³/mol. The third kappa shape index (κ3) is 3.76. The molecule has 2 rings (SSSR count). The van der Waals surface area contributed by atoms with E-state index in [0.29, 0.717) is 38.3 Å². The molecule has 0 saturated carbocycles. The Hall–Kier alpha value is -1.02. The number of benzene rings is 1. The minimum Gasteiger partial charge on any atom is -0.380 e. The topological polar surface area (TPSA) is 67.4 Å². The number of sulfonamides is 1. The van der Waals surface area contributed by atoms with E-state index in [1.54, 1.807) is 0 Å². The van der Waals surface area contributed by atoms with Gasteiger partial charge >= 0.3 is 0 Å². The summed E-state index contributed by atoms with van der Waals surface area (Å²) >= 11 is 0. The normalized spacial score (nSPS) is 19.4. The standard InChI is InChI=1S/C13H19FN2O3S/c1-2-15-8-10-3-4-11(14)7-13(10)20(17,18)16-12-5-6-19-9-12/h3-4,7,12,15-16H,2,5-6,8-9H2,1H3. The monoisotopic (exact) mass is 302 g/mol. The van der Waals surface area contributed by atoms with E-state index in [4.69, 9.17) is 4.74 Å². The molecule has 2 N–H and O–H groups in total. The van der Waals surface area contributed by atoms with Gasteiger partial charge in [0.05, 0.1) is 11.5 Å². The number of hydrogen-bond acceptors (Lipinski definition) is 4. The predicted octanol–water partition coefficient (Wildman–Crippen LogP) is 1.00. The minimum absolute atomic E-state index is 0.00894. The molecule has 1 unspecified atom stereocenters. The van der Waals surface area contributed by atoms with Crippen molar-refractivity contribution in [3.05, 3.63) is 29.6 Å². The molecule has 1 aromatic carbocycles. The van der Waals surface area contributed by atoms with Gasteiger partial charge in [-0.1, -0.05) is 13.0 Å².